The van der Waals surface area contributed by atoms with Gasteiger partial charge in [0.05, 0.1) is 6.42 Å². The monoisotopic (exact) mass is 510 g/mol. The first-order valence-corrected chi connectivity index (χ1v) is 9.62. The quantitative estimate of drug-likeness (QED) is 0.222. The highest BCUT2D eigenvalue weighted by Gasteiger charge is 2.43. The van der Waals surface area contributed by atoms with Crippen LogP contribution in [0.25, 0.3) is 0 Å². The lowest BCUT2D eigenvalue weighted by Crippen LogP contribution is -2.44. The maximum atomic E-state index is 12.9. The Bertz CT molecular complexity index is 807. The summed E-state index contributed by atoms with van der Waals surface area (Å²) in [6.45, 7) is 1.91. The van der Waals surface area contributed by atoms with Crippen LogP contribution in [0.1, 0.15) is 24.0 Å². The van der Waals surface area contributed by atoms with Crippen LogP contribution in [0.3, 0.4) is 0 Å². The fourth-order valence-corrected chi connectivity index (χ4v) is 3.22. The molecule has 1 aliphatic carbocycles. The van der Waals surface area contributed by atoms with Crippen molar-refractivity contribution in [2.45, 2.75) is 24.7 Å². The van der Waals surface area contributed by atoms with Gasteiger partial charge in [-0.25, -0.2) is 4.39 Å². The van der Waals surface area contributed by atoms with E-state index >= 15 is 0 Å². The number of hydrogen-bond acceptors (Lipinski definition) is 2. The first-order valence-electron chi connectivity index (χ1n) is 9.62. The van der Waals surface area contributed by atoms with Crippen molar-refractivity contribution >= 4 is 35.8 Å². The topological polar surface area (TPSA) is 65.5 Å². The number of nitrogens with zero attached hydrogens (tertiary/aromatic N) is 1. The van der Waals surface area contributed by atoms with Gasteiger partial charge in [-0.05, 0) is 36.1 Å². The van der Waals surface area contributed by atoms with E-state index in [0.29, 0.717) is 13.1 Å². The Labute approximate surface area is 188 Å². The van der Waals surface area contributed by atoms with Crippen molar-refractivity contribution in [2.24, 2.45) is 4.99 Å². The van der Waals surface area contributed by atoms with Crippen molar-refractivity contribution in [1.29, 1.82) is 0 Å². The Hall–Kier alpha value is -2.16. The van der Waals surface area contributed by atoms with Gasteiger partial charge in [0.25, 0.3) is 0 Å². The van der Waals surface area contributed by atoms with Crippen LogP contribution >= 0.6 is 24.0 Å². The van der Waals surface area contributed by atoms with Gasteiger partial charge in [-0.15, -0.1) is 24.0 Å². The second-order valence-electron chi connectivity index (χ2n) is 7.15. The van der Waals surface area contributed by atoms with E-state index < -0.39 is 0 Å². The van der Waals surface area contributed by atoms with Crippen LogP contribution in [0.2, 0.25) is 0 Å². The zero-order valence-electron chi connectivity index (χ0n) is 16.6. The number of aliphatic imine (C=N–C) groups is 1. The second kappa shape index (κ2) is 11.1. The van der Waals surface area contributed by atoms with Crippen LogP contribution in [-0.2, 0) is 16.6 Å². The van der Waals surface area contributed by atoms with E-state index in [-0.39, 0.29) is 47.5 Å². The zero-order valence-corrected chi connectivity index (χ0v) is 18.9. The molecule has 0 bridgehead atoms. The first kappa shape index (κ1) is 23.1. The number of halogens is 2. The minimum Gasteiger partial charge on any atom is -0.356 e. The van der Waals surface area contributed by atoms with Crippen LogP contribution in [0.5, 0.6) is 0 Å². The highest BCUT2D eigenvalue weighted by molar-refractivity contribution is 14.0. The predicted octanol–water partition coefficient (Wildman–Crippen LogP) is 3.00. The van der Waals surface area contributed by atoms with Crippen molar-refractivity contribution in [3.63, 3.8) is 0 Å². The SMILES string of the molecule is CN=C(NCCNC(=O)Cc1ccc(F)cc1)NCC1(c2ccccc2)CC1.I. The summed E-state index contributed by atoms with van der Waals surface area (Å²) in [7, 11) is 1.74. The highest BCUT2D eigenvalue weighted by Crippen LogP contribution is 2.47. The van der Waals surface area contributed by atoms with Gasteiger partial charge in [0.15, 0.2) is 5.96 Å². The van der Waals surface area contributed by atoms with E-state index in [0.717, 1.165) is 18.1 Å². The summed E-state index contributed by atoms with van der Waals surface area (Å²) in [5, 5.41) is 9.47. The summed E-state index contributed by atoms with van der Waals surface area (Å²) in [6, 6.07) is 16.5. The number of carbonyl (C=O) groups is 1. The number of rotatable bonds is 8. The molecule has 2 aromatic rings. The van der Waals surface area contributed by atoms with Crippen LogP contribution in [-0.4, -0.2) is 38.5 Å². The Morgan fingerprint density at radius 3 is 2.28 bits per heavy atom. The lowest BCUT2D eigenvalue weighted by molar-refractivity contribution is -0.120. The molecule has 0 saturated heterocycles. The van der Waals surface area contributed by atoms with Crippen LogP contribution in [0, 0.1) is 5.82 Å². The fraction of sp³-hybridized carbons (Fsp3) is 0.364. The third kappa shape index (κ3) is 6.99. The lowest BCUT2D eigenvalue weighted by Gasteiger charge is -2.19. The molecule has 0 unspecified atom stereocenters. The normalized spacial score (nSPS) is 14.5. The van der Waals surface area contributed by atoms with Crippen LogP contribution in [0.4, 0.5) is 4.39 Å². The number of benzene rings is 2. The molecule has 0 heterocycles. The molecule has 0 atom stereocenters. The molecule has 156 valence electrons. The summed E-state index contributed by atoms with van der Waals surface area (Å²) in [5.41, 5.74) is 2.37. The van der Waals surface area contributed by atoms with E-state index in [4.69, 9.17) is 0 Å². The molecule has 1 amide bonds. The van der Waals surface area contributed by atoms with Crippen LogP contribution < -0.4 is 16.0 Å². The summed E-state index contributed by atoms with van der Waals surface area (Å²) in [6.07, 6.45) is 2.60. The standard InChI is InChI=1S/C22H27FN4O.HI/c1-24-21(27-16-22(11-12-22)18-5-3-2-4-6-18)26-14-13-25-20(28)15-17-7-9-19(23)10-8-17;/h2-10H,11-16H2,1H3,(H,25,28)(H2,24,26,27);1H. The maximum absolute atomic E-state index is 12.9. The third-order valence-corrected chi connectivity index (χ3v) is 5.08. The summed E-state index contributed by atoms with van der Waals surface area (Å²) < 4.78 is 12.9. The number of amides is 1. The van der Waals surface area contributed by atoms with Gasteiger partial charge in [-0.3, -0.25) is 9.79 Å². The molecule has 0 spiro atoms. The van der Waals surface area contributed by atoms with Crippen molar-refractivity contribution in [3.05, 3.63) is 71.5 Å². The highest BCUT2D eigenvalue weighted by atomic mass is 127. The molecule has 0 aromatic heterocycles. The van der Waals surface area contributed by atoms with Crippen LogP contribution in [0.15, 0.2) is 59.6 Å². The second-order valence-corrected chi connectivity index (χ2v) is 7.15. The van der Waals surface area contributed by atoms with Crippen molar-refractivity contribution in [3.8, 4) is 0 Å². The van der Waals surface area contributed by atoms with Crippen molar-refractivity contribution in [2.75, 3.05) is 26.7 Å². The molecular weight excluding hydrogens is 482 g/mol. The van der Waals surface area contributed by atoms with Gasteiger partial charge in [-0.2, -0.15) is 0 Å². The molecule has 1 aliphatic rings. The number of nitrogens with one attached hydrogen (secondary N) is 3. The average Bonchev–Trinajstić information content (AvgIpc) is 3.51. The van der Waals surface area contributed by atoms with Crippen molar-refractivity contribution in [1.82, 2.24) is 16.0 Å². The molecule has 1 fully saturated rings. The molecule has 3 rings (SSSR count). The van der Waals surface area contributed by atoms with Gasteiger partial charge in [0.1, 0.15) is 5.82 Å². The van der Waals surface area contributed by atoms with Gasteiger partial charge < -0.3 is 16.0 Å². The Kier molecular flexibility index (Phi) is 8.88. The molecule has 5 nitrogen and oxygen atoms in total. The van der Waals surface area contributed by atoms with Crippen molar-refractivity contribution < 1.29 is 9.18 Å². The van der Waals surface area contributed by atoms with Gasteiger partial charge in [0.2, 0.25) is 5.91 Å². The average molecular weight is 510 g/mol. The molecule has 1 saturated carbocycles. The van der Waals surface area contributed by atoms with E-state index in [2.05, 4.69) is 45.2 Å². The first-order chi connectivity index (χ1) is 13.6. The molecule has 3 N–H and O–H groups in total. The summed E-state index contributed by atoms with van der Waals surface area (Å²) >= 11 is 0. The fourth-order valence-electron chi connectivity index (χ4n) is 3.22. The molecule has 2 aromatic carbocycles. The summed E-state index contributed by atoms with van der Waals surface area (Å²) in [5.74, 6) is 0.347. The summed E-state index contributed by atoms with van der Waals surface area (Å²) in [4.78, 5) is 16.2. The number of carbonyl (C=O) groups excluding carboxylic acids is 1. The lowest BCUT2D eigenvalue weighted by atomic mass is 9.96. The molecule has 7 heteroatoms. The largest absolute Gasteiger partial charge is 0.356 e. The smallest absolute Gasteiger partial charge is 0.224 e. The van der Waals surface area contributed by atoms with E-state index in [1.54, 1.807) is 19.2 Å². The van der Waals surface area contributed by atoms with Gasteiger partial charge >= 0.3 is 0 Å². The molecule has 29 heavy (non-hydrogen) atoms. The van der Waals surface area contributed by atoms with Gasteiger partial charge in [-0.1, -0.05) is 42.5 Å². The van der Waals surface area contributed by atoms with E-state index in [9.17, 15) is 9.18 Å². The Balaban J connectivity index is 0.00000300. The van der Waals surface area contributed by atoms with Gasteiger partial charge in [0, 0.05) is 32.1 Å². The number of guanidine groups is 1. The predicted molar refractivity (Wildman–Crippen MR) is 125 cm³/mol. The Morgan fingerprint density at radius 2 is 1.66 bits per heavy atom. The minimum atomic E-state index is -0.299. The maximum Gasteiger partial charge on any atom is 0.224 e. The number of hydrogen-bond donors (Lipinski definition) is 3. The molecule has 0 aliphatic heterocycles. The van der Waals surface area contributed by atoms with E-state index in [1.807, 2.05) is 6.07 Å². The Morgan fingerprint density at radius 1 is 1.00 bits per heavy atom. The third-order valence-electron chi connectivity index (χ3n) is 5.08. The minimum absolute atomic E-state index is 0. The molecular formula is C22H28FIN4O. The zero-order chi connectivity index (χ0) is 19.8. The molecule has 0 radical (unpaired) electrons. The van der Waals surface area contributed by atoms with E-state index in [1.165, 1.54) is 30.5 Å².